The number of carbonyl (C=O) groups excluding carboxylic acids is 2. The van der Waals surface area contributed by atoms with Crippen LogP contribution in [0.25, 0.3) is 0 Å². The van der Waals surface area contributed by atoms with Gasteiger partial charge in [-0.1, -0.05) is 110 Å². The van der Waals surface area contributed by atoms with Gasteiger partial charge in [0.2, 0.25) is 0 Å². The summed E-state index contributed by atoms with van der Waals surface area (Å²) in [6, 6.07) is 0. The SMILES string of the molecule is CCCCC/C=C\C[C@H](O)[C@@H](O)CCCCCCCC(=O)O[C@H](COC(=O)CCCCCCCCC(C)C)COP(=O)(O)OC[C@@H](O)COP(=O)(O)O. The monoisotopic (exact) mass is 804 g/mol. The van der Waals surface area contributed by atoms with Crippen LogP contribution in [-0.2, 0) is 41.8 Å². The van der Waals surface area contributed by atoms with Gasteiger partial charge in [0.05, 0.1) is 32.0 Å². The summed E-state index contributed by atoms with van der Waals surface area (Å²) in [5.74, 6) is -0.460. The van der Waals surface area contributed by atoms with E-state index in [0.717, 1.165) is 64.2 Å². The van der Waals surface area contributed by atoms with Crippen molar-refractivity contribution in [3.8, 4) is 0 Å². The van der Waals surface area contributed by atoms with Crippen molar-refractivity contribution in [2.75, 3.05) is 26.4 Å². The van der Waals surface area contributed by atoms with Crippen molar-refractivity contribution in [3.05, 3.63) is 12.2 Å². The first-order chi connectivity index (χ1) is 25.0. The molecule has 0 aliphatic heterocycles. The van der Waals surface area contributed by atoms with E-state index < -0.39 is 78.4 Å². The van der Waals surface area contributed by atoms with E-state index in [4.69, 9.17) is 23.8 Å². The molecule has 0 aromatic carbocycles. The molecule has 0 amide bonds. The molecule has 5 atom stereocenters. The maximum absolute atomic E-state index is 12.6. The highest BCUT2D eigenvalue weighted by atomic mass is 31.2. The molecule has 0 rings (SSSR count). The van der Waals surface area contributed by atoms with E-state index in [9.17, 15) is 38.9 Å². The number of ether oxygens (including phenoxy) is 2. The third-order valence-electron chi connectivity index (χ3n) is 8.27. The van der Waals surface area contributed by atoms with E-state index in [1.165, 1.54) is 19.3 Å². The van der Waals surface area contributed by atoms with Crippen molar-refractivity contribution >= 4 is 27.6 Å². The van der Waals surface area contributed by atoms with Gasteiger partial charge in [-0.25, -0.2) is 9.13 Å². The Balaban J connectivity index is 4.68. The topological polar surface area (TPSA) is 236 Å². The van der Waals surface area contributed by atoms with Gasteiger partial charge in [0.1, 0.15) is 12.7 Å². The molecule has 0 saturated carbocycles. The Morgan fingerprint density at radius 3 is 1.77 bits per heavy atom. The normalized spacial score (nSPS) is 15.7. The van der Waals surface area contributed by atoms with E-state index in [2.05, 4.69) is 29.8 Å². The summed E-state index contributed by atoms with van der Waals surface area (Å²) in [6.45, 7) is 3.70. The molecular weight excluding hydrogens is 734 g/mol. The zero-order valence-electron chi connectivity index (χ0n) is 32.3. The van der Waals surface area contributed by atoms with Gasteiger partial charge in [0, 0.05) is 12.8 Å². The van der Waals surface area contributed by atoms with E-state index in [1.807, 2.05) is 12.2 Å². The fourth-order valence-corrected chi connectivity index (χ4v) is 6.30. The molecule has 0 heterocycles. The minimum atomic E-state index is -4.88. The van der Waals surface area contributed by atoms with Crippen LogP contribution < -0.4 is 0 Å². The molecule has 0 aliphatic rings. The molecule has 0 bridgehead atoms. The fraction of sp³-hybridized carbons (Fsp3) is 0.889. The lowest BCUT2D eigenvalue weighted by Crippen LogP contribution is -2.30. The van der Waals surface area contributed by atoms with Gasteiger partial charge in [0.15, 0.2) is 6.10 Å². The molecule has 15 nitrogen and oxygen atoms in total. The average molecular weight is 805 g/mol. The zero-order chi connectivity index (χ0) is 40.0. The minimum absolute atomic E-state index is 0.0343. The Morgan fingerprint density at radius 2 is 1.17 bits per heavy atom. The number of hydrogen-bond donors (Lipinski definition) is 6. The summed E-state index contributed by atoms with van der Waals surface area (Å²) < 4.78 is 47.4. The van der Waals surface area contributed by atoms with Crippen molar-refractivity contribution in [2.45, 2.75) is 174 Å². The van der Waals surface area contributed by atoms with E-state index in [1.54, 1.807) is 0 Å². The number of hydrogen-bond acceptors (Lipinski definition) is 12. The maximum Gasteiger partial charge on any atom is 0.472 e. The number of allylic oxidation sites excluding steroid dienone is 1. The number of esters is 2. The molecule has 0 fully saturated rings. The Morgan fingerprint density at radius 1 is 0.623 bits per heavy atom. The van der Waals surface area contributed by atoms with E-state index >= 15 is 0 Å². The average Bonchev–Trinajstić information content (AvgIpc) is 3.09. The van der Waals surface area contributed by atoms with Gasteiger partial charge < -0.3 is 39.5 Å². The highest BCUT2D eigenvalue weighted by Gasteiger charge is 2.28. The summed E-state index contributed by atoms with van der Waals surface area (Å²) in [5, 5.41) is 30.1. The Hall–Kier alpha value is -1.22. The lowest BCUT2D eigenvalue weighted by Gasteiger charge is -2.20. The summed E-state index contributed by atoms with van der Waals surface area (Å²) in [4.78, 5) is 52.4. The van der Waals surface area contributed by atoms with E-state index in [0.29, 0.717) is 38.0 Å². The smallest absolute Gasteiger partial charge is 0.462 e. The lowest BCUT2D eigenvalue weighted by atomic mass is 10.0. The van der Waals surface area contributed by atoms with Crippen molar-refractivity contribution in [1.29, 1.82) is 0 Å². The van der Waals surface area contributed by atoms with Crippen LogP contribution in [-0.4, -0.2) is 92.8 Å². The van der Waals surface area contributed by atoms with Gasteiger partial charge in [-0.15, -0.1) is 0 Å². The molecule has 0 spiro atoms. The summed E-state index contributed by atoms with van der Waals surface area (Å²) in [5.41, 5.74) is 0. The third kappa shape index (κ3) is 35.0. The molecule has 0 aliphatic carbocycles. The van der Waals surface area contributed by atoms with Crippen LogP contribution in [0.4, 0.5) is 0 Å². The summed E-state index contributed by atoms with van der Waals surface area (Å²) in [6.07, 6.45) is 15.7. The number of phosphoric ester groups is 2. The Labute approximate surface area is 317 Å². The highest BCUT2D eigenvalue weighted by Crippen LogP contribution is 2.43. The molecule has 1 unspecified atom stereocenters. The van der Waals surface area contributed by atoms with Crippen molar-refractivity contribution in [2.24, 2.45) is 5.92 Å². The number of aliphatic hydroxyl groups is 3. The predicted octanol–water partition coefficient (Wildman–Crippen LogP) is 6.80. The quantitative estimate of drug-likeness (QED) is 0.0165. The van der Waals surface area contributed by atoms with Crippen molar-refractivity contribution < 1.29 is 71.8 Å². The Kier molecular flexibility index (Phi) is 31.2. The number of phosphoric acid groups is 2. The molecule has 17 heteroatoms. The first-order valence-corrected chi connectivity index (χ1v) is 22.4. The molecular formula is C36H70O15P2. The van der Waals surface area contributed by atoms with Crippen LogP contribution >= 0.6 is 15.6 Å². The van der Waals surface area contributed by atoms with Gasteiger partial charge in [-0.2, -0.15) is 0 Å². The maximum atomic E-state index is 12.6. The second kappa shape index (κ2) is 31.9. The van der Waals surface area contributed by atoms with Gasteiger partial charge >= 0.3 is 27.6 Å². The number of unbranched alkanes of at least 4 members (excludes halogenated alkanes) is 12. The first kappa shape index (κ1) is 51.8. The fourth-order valence-electron chi connectivity index (χ4n) is 5.14. The van der Waals surface area contributed by atoms with Gasteiger partial charge in [-0.3, -0.25) is 23.2 Å². The number of rotatable bonds is 36. The molecule has 6 N–H and O–H groups in total. The molecule has 0 radical (unpaired) electrons. The summed E-state index contributed by atoms with van der Waals surface area (Å²) in [7, 11) is -9.71. The minimum Gasteiger partial charge on any atom is -0.462 e. The van der Waals surface area contributed by atoms with E-state index in [-0.39, 0.29) is 12.8 Å². The van der Waals surface area contributed by atoms with Crippen LogP contribution in [0.2, 0.25) is 0 Å². The lowest BCUT2D eigenvalue weighted by molar-refractivity contribution is -0.161. The van der Waals surface area contributed by atoms with Gasteiger partial charge in [0.25, 0.3) is 0 Å². The zero-order valence-corrected chi connectivity index (χ0v) is 34.1. The molecule has 0 aromatic heterocycles. The standard InChI is InChI=1S/C36H70O15P2/c1-4-5-6-7-12-17-22-33(38)34(39)23-18-13-10-15-20-25-36(41)51-32(28-47-35(40)24-19-14-9-8-11-16-21-30(2)3)29-50-53(45,46)49-27-31(37)26-48-52(42,43)44/h12,17,30-34,37-39H,4-11,13-16,18-29H2,1-3H3,(H,45,46)(H2,42,43,44)/b17-12-/t31-,32+,33-,34-/m0/s1. The second-order valence-electron chi connectivity index (χ2n) is 14.0. The second-order valence-corrected chi connectivity index (χ2v) is 16.7. The third-order valence-corrected chi connectivity index (χ3v) is 9.71. The first-order valence-electron chi connectivity index (χ1n) is 19.4. The molecule has 53 heavy (non-hydrogen) atoms. The van der Waals surface area contributed by atoms with Crippen LogP contribution in [0.15, 0.2) is 12.2 Å². The number of carbonyl (C=O) groups is 2. The van der Waals surface area contributed by atoms with Crippen LogP contribution in [0, 0.1) is 5.92 Å². The summed E-state index contributed by atoms with van der Waals surface area (Å²) >= 11 is 0. The predicted molar refractivity (Wildman–Crippen MR) is 201 cm³/mol. The van der Waals surface area contributed by atoms with Crippen LogP contribution in [0.3, 0.4) is 0 Å². The van der Waals surface area contributed by atoms with Crippen molar-refractivity contribution in [3.63, 3.8) is 0 Å². The molecule has 314 valence electrons. The molecule has 0 aromatic rings. The molecule has 0 saturated heterocycles. The highest BCUT2D eigenvalue weighted by molar-refractivity contribution is 7.47. The van der Waals surface area contributed by atoms with Gasteiger partial charge in [-0.05, 0) is 44.4 Å². The largest absolute Gasteiger partial charge is 0.472 e. The van der Waals surface area contributed by atoms with Crippen LogP contribution in [0.5, 0.6) is 0 Å². The van der Waals surface area contributed by atoms with Crippen LogP contribution in [0.1, 0.15) is 149 Å². The number of aliphatic hydroxyl groups excluding tert-OH is 3. The Bertz CT molecular complexity index is 1050. The van der Waals surface area contributed by atoms with Crippen molar-refractivity contribution in [1.82, 2.24) is 0 Å².